The monoisotopic (exact) mass is 316 g/mol. The standard InChI is InChI=1S/C18H24N2OS/c1-14-7-3-4-8-16(14)21-12-6-11-19-18(9-5-10-18)17-20-15(2)13-22-17/h3-4,7-8,13,19H,5-6,9-12H2,1-2H3. The van der Waals surface area contributed by atoms with Crippen molar-refractivity contribution in [3.05, 3.63) is 45.9 Å². The zero-order valence-electron chi connectivity index (χ0n) is 13.4. The highest BCUT2D eigenvalue weighted by molar-refractivity contribution is 7.09. The summed E-state index contributed by atoms with van der Waals surface area (Å²) in [4.78, 5) is 4.69. The normalized spacial score (nSPS) is 16.3. The zero-order chi connectivity index (χ0) is 15.4. The number of aromatic nitrogens is 1. The van der Waals surface area contributed by atoms with Crippen LogP contribution in [0, 0.1) is 13.8 Å². The maximum atomic E-state index is 5.86. The summed E-state index contributed by atoms with van der Waals surface area (Å²) in [5.41, 5.74) is 2.47. The van der Waals surface area contributed by atoms with Gasteiger partial charge < -0.3 is 10.1 Å². The summed E-state index contributed by atoms with van der Waals surface area (Å²) in [6.45, 7) is 5.89. The van der Waals surface area contributed by atoms with Crippen LogP contribution in [-0.2, 0) is 5.54 Å². The van der Waals surface area contributed by atoms with Gasteiger partial charge in [-0.05, 0) is 57.7 Å². The van der Waals surface area contributed by atoms with E-state index in [9.17, 15) is 0 Å². The first-order valence-electron chi connectivity index (χ1n) is 8.06. The molecule has 0 radical (unpaired) electrons. The Bertz CT molecular complexity index is 619. The number of aryl methyl sites for hydroxylation is 2. The van der Waals surface area contributed by atoms with E-state index in [2.05, 4.69) is 35.6 Å². The van der Waals surface area contributed by atoms with Crippen molar-refractivity contribution in [2.75, 3.05) is 13.2 Å². The molecule has 1 aromatic carbocycles. The minimum Gasteiger partial charge on any atom is -0.493 e. The first kappa shape index (κ1) is 15.5. The lowest BCUT2D eigenvalue weighted by molar-refractivity contribution is 0.179. The van der Waals surface area contributed by atoms with Crippen LogP contribution in [0.5, 0.6) is 5.75 Å². The van der Waals surface area contributed by atoms with E-state index < -0.39 is 0 Å². The fourth-order valence-electron chi connectivity index (χ4n) is 2.87. The van der Waals surface area contributed by atoms with Crippen LogP contribution in [0.25, 0.3) is 0 Å². The van der Waals surface area contributed by atoms with E-state index in [0.717, 1.165) is 31.0 Å². The molecule has 0 atom stereocenters. The first-order valence-corrected chi connectivity index (χ1v) is 8.94. The molecule has 1 fully saturated rings. The molecule has 0 aliphatic heterocycles. The van der Waals surface area contributed by atoms with Crippen molar-refractivity contribution in [3.63, 3.8) is 0 Å². The Labute approximate surface area is 136 Å². The molecule has 1 aliphatic carbocycles. The number of para-hydroxylation sites is 1. The molecule has 3 nitrogen and oxygen atoms in total. The maximum absolute atomic E-state index is 5.86. The summed E-state index contributed by atoms with van der Waals surface area (Å²) in [5, 5.41) is 7.14. The van der Waals surface area contributed by atoms with Gasteiger partial charge in [0.2, 0.25) is 0 Å². The number of hydrogen-bond acceptors (Lipinski definition) is 4. The Kier molecular flexibility index (Phi) is 4.79. The summed E-state index contributed by atoms with van der Waals surface area (Å²) in [7, 11) is 0. The van der Waals surface area contributed by atoms with E-state index in [-0.39, 0.29) is 5.54 Å². The molecular formula is C18H24N2OS. The molecule has 118 valence electrons. The van der Waals surface area contributed by atoms with Crippen molar-refractivity contribution in [2.24, 2.45) is 0 Å². The molecule has 3 rings (SSSR count). The molecule has 1 heterocycles. The number of nitrogens with one attached hydrogen (secondary N) is 1. The van der Waals surface area contributed by atoms with Gasteiger partial charge >= 0.3 is 0 Å². The predicted molar refractivity (Wildman–Crippen MR) is 91.7 cm³/mol. The fraction of sp³-hybridized carbons (Fsp3) is 0.500. The number of benzene rings is 1. The molecule has 1 aromatic heterocycles. The van der Waals surface area contributed by atoms with Gasteiger partial charge in [-0.15, -0.1) is 11.3 Å². The molecule has 1 N–H and O–H groups in total. The van der Waals surface area contributed by atoms with Gasteiger partial charge in [-0.2, -0.15) is 0 Å². The smallest absolute Gasteiger partial charge is 0.122 e. The van der Waals surface area contributed by atoms with Gasteiger partial charge in [0.25, 0.3) is 0 Å². The van der Waals surface area contributed by atoms with Crippen molar-refractivity contribution < 1.29 is 4.74 Å². The van der Waals surface area contributed by atoms with Crippen molar-refractivity contribution in [3.8, 4) is 5.75 Å². The van der Waals surface area contributed by atoms with Crippen molar-refractivity contribution in [1.82, 2.24) is 10.3 Å². The molecule has 0 spiro atoms. The van der Waals surface area contributed by atoms with Crippen LogP contribution in [0.15, 0.2) is 29.6 Å². The lowest BCUT2D eigenvalue weighted by atomic mass is 9.77. The average Bonchev–Trinajstić information content (AvgIpc) is 2.89. The summed E-state index contributed by atoms with van der Waals surface area (Å²) < 4.78 is 5.86. The number of nitrogens with zero attached hydrogens (tertiary/aromatic N) is 1. The van der Waals surface area contributed by atoms with Crippen LogP contribution in [0.3, 0.4) is 0 Å². The van der Waals surface area contributed by atoms with E-state index >= 15 is 0 Å². The Hall–Kier alpha value is -1.39. The first-order chi connectivity index (χ1) is 10.7. The summed E-state index contributed by atoms with van der Waals surface area (Å²) in [6, 6.07) is 8.19. The van der Waals surface area contributed by atoms with Crippen molar-refractivity contribution in [1.29, 1.82) is 0 Å². The van der Waals surface area contributed by atoms with Crippen molar-refractivity contribution in [2.45, 2.75) is 45.1 Å². The van der Waals surface area contributed by atoms with Gasteiger partial charge in [-0.25, -0.2) is 4.98 Å². The molecule has 2 aromatic rings. The largest absolute Gasteiger partial charge is 0.493 e. The van der Waals surface area contributed by atoms with Crippen LogP contribution < -0.4 is 10.1 Å². The van der Waals surface area contributed by atoms with E-state index in [4.69, 9.17) is 4.74 Å². The Morgan fingerprint density at radius 1 is 1.27 bits per heavy atom. The van der Waals surface area contributed by atoms with Crippen LogP contribution in [0.4, 0.5) is 0 Å². The van der Waals surface area contributed by atoms with Crippen LogP contribution in [-0.4, -0.2) is 18.1 Å². The molecule has 0 bridgehead atoms. The van der Waals surface area contributed by atoms with E-state index in [1.54, 1.807) is 11.3 Å². The van der Waals surface area contributed by atoms with Gasteiger partial charge in [0.1, 0.15) is 10.8 Å². The molecule has 1 saturated carbocycles. The quantitative estimate of drug-likeness (QED) is 0.777. The molecule has 1 aliphatic rings. The Morgan fingerprint density at radius 2 is 2.09 bits per heavy atom. The highest BCUT2D eigenvalue weighted by Crippen LogP contribution is 2.42. The third-order valence-electron chi connectivity index (χ3n) is 4.37. The highest BCUT2D eigenvalue weighted by atomic mass is 32.1. The third kappa shape index (κ3) is 3.33. The van der Waals surface area contributed by atoms with Gasteiger partial charge in [0.05, 0.1) is 12.1 Å². The summed E-state index contributed by atoms with van der Waals surface area (Å²) in [6.07, 6.45) is 4.73. The highest BCUT2D eigenvalue weighted by Gasteiger charge is 2.40. The lowest BCUT2D eigenvalue weighted by Gasteiger charge is -2.41. The molecule has 0 amide bonds. The third-order valence-corrected chi connectivity index (χ3v) is 5.54. The second-order valence-electron chi connectivity index (χ2n) is 6.12. The Balaban J connectivity index is 1.45. The predicted octanol–water partition coefficient (Wildman–Crippen LogP) is 4.20. The molecule has 22 heavy (non-hydrogen) atoms. The topological polar surface area (TPSA) is 34.1 Å². The molecule has 4 heteroatoms. The van der Waals surface area contributed by atoms with E-state index in [1.807, 2.05) is 18.2 Å². The minimum atomic E-state index is 0.140. The average molecular weight is 316 g/mol. The van der Waals surface area contributed by atoms with Gasteiger partial charge in [0.15, 0.2) is 0 Å². The second kappa shape index (κ2) is 6.80. The van der Waals surface area contributed by atoms with Gasteiger partial charge in [-0.3, -0.25) is 0 Å². The van der Waals surface area contributed by atoms with Crippen LogP contribution in [0.1, 0.15) is 41.9 Å². The fourth-order valence-corrected chi connectivity index (χ4v) is 3.90. The SMILES string of the molecule is Cc1csc(C2(NCCCOc3ccccc3C)CCC2)n1. The van der Waals surface area contributed by atoms with Crippen LogP contribution in [0.2, 0.25) is 0 Å². The van der Waals surface area contributed by atoms with Crippen molar-refractivity contribution >= 4 is 11.3 Å². The number of thiazole rings is 1. The number of rotatable bonds is 7. The Morgan fingerprint density at radius 3 is 2.73 bits per heavy atom. The maximum Gasteiger partial charge on any atom is 0.122 e. The zero-order valence-corrected chi connectivity index (χ0v) is 14.2. The lowest BCUT2D eigenvalue weighted by Crippen LogP contribution is -2.48. The second-order valence-corrected chi connectivity index (χ2v) is 6.98. The van der Waals surface area contributed by atoms with Crippen LogP contribution >= 0.6 is 11.3 Å². The number of hydrogen-bond donors (Lipinski definition) is 1. The molecule has 0 saturated heterocycles. The summed E-state index contributed by atoms with van der Waals surface area (Å²) >= 11 is 1.79. The molecule has 0 unspecified atom stereocenters. The number of ether oxygens (including phenoxy) is 1. The molecular weight excluding hydrogens is 292 g/mol. The minimum absolute atomic E-state index is 0.140. The van der Waals surface area contributed by atoms with Gasteiger partial charge in [-0.1, -0.05) is 18.2 Å². The van der Waals surface area contributed by atoms with E-state index in [0.29, 0.717) is 0 Å². The van der Waals surface area contributed by atoms with Gasteiger partial charge in [0, 0.05) is 11.1 Å². The summed E-state index contributed by atoms with van der Waals surface area (Å²) in [5.74, 6) is 0.997. The van der Waals surface area contributed by atoms with E-state index in [1.165, 1.54) is 29.8 Å².